The molecular formula is C34H55NO7. The summed E-state index contributed by atoms with van der Waals surface area (Å²) < 4.78 is 24.9. The van der Waals surface area contributed by atoms with Gasteiger partial charge in [0.15, 0.2) is 12.4 Å². The number of hydrogen-bond acceptors (Lipinski definition) is 8. The van der Waals surface area contributed by atoms with Crippen LogP contribution >= 0.6 is 0 Å². The molecule has 0 bridgehead atoms. The maximum Gasteiger partial charge on any atom is 0.303 e. The summed E-state index contributed by atoms with van der Waals surface area (Å²) in [7, 11) is 0. The zero-order valence-electron chi connectivity index (χ0n) is 26.7. The summed E-state index contributed by atoms with van der Waals surface area (Å²) >= 11 is 0. The van der Waals surface area contributed by atoms with E-state index in [-0.39, 0.29) is 35.2 Å². The number of esters is 1. The number of nitrogens with one attached hydrogen (secondary N) is 1. The second-order valence-corrected chi connectivity index (χ2v) is 16.7. The van der Waals surface area contributed by atoms with Gasteiger partial charge in [0.2, 0.25) is 0 Å². The van der Waals surface area contributed by atoms with Crippen LogP contribution < -0.4 is 5.32 Å². The second-order valence-electron chi connectivity index (χ2n) is 16.7. The highest BCUT2D eigenvalue weighted by Gasteiger charge is 2.81. The van der Waals surface area contributed by atoms with Crippen molar-refractivity contribution in [2.75, 3.05) is 19.7 Å². The minimum Gasteiger partial charge on any atom is -0.457 e. The number of fused-ring (bicyclic) bond motifs is 4. The van der Waals surface area contributed by atoms with Crippen molar-refractivity contribution in [3.05, 3.63) is 0 Å². The summed E-state index contributed by atoms with van der Waals surface area (Å²) in [5.41, 5.74) is -0.387. The van der Waals surface area contributed by atoms with Gasteiger partial charge in [0.05, 0.1) is 36.6 Å². The van der Waals surface area contributed by atoms with Crippen molar-refractivity contribution >= 4 is 5.97 Å². The van der Waals surface area contributed by atoms with Gasteiger partial charge in [0, 0.05) is 20.0 Å². The Morgan fingerprint density at radius 1 is 1.02 bits per heavy atom. The van der Waals surface area contributed by atoms with E-state index in [2.05, 4.69) is 26.1 Å². The SMILES string of the molecule is CC(=O)OC(C1CCC2C(O1)[C@H](O)C1C3CCC4C(C)(C)[C@@H](OC5CNCCO5)CCC45CC35CCC21C)C(C)(C)O. The van der Waals surface area contributed by atoms with Crippen LogP contribution in [0.15, 0.2) is 0 Å². The maximum absolute atomic E-state index is 12.1. The van der Waals surface area contributed by atoms with Crippen LogP contribution in [0.5, 0.6) is 0 Å². The summed E-state index contributed by atoms with van der Waals surface area (Å²) in [6.07, 6.45) is 8.18. The molecule has 5 aliphatic carbocycles. The molecule has 2 aliphatic heterocycles. The highest BCUT2D eigenvalue weighted by Crippen LogP contribution is 2.87. The molecule has 0 aromatic rings. The van der Waals surface area contributed by atoms with Crippen molar-refractivity contribution in [2.24, 2.45) is 45.3 Å². The Hall–Kier alpha value is -0.770. The first-order valence-corrected chi connectivity index (χ1v) is 17.0. The van der Waals surface area contributed by atoms with Crippen molar-refractivity contribution in [1.82, 2.24) is 5.32 Å². The number of ether oxygens (including phenoxy) is 4. The van der Waals surface area contributed by atoms with Crippen LogP contribution in [0.3, 0.4) is 0 Å². The molecule has 0 amide bonds. The fourth-order valence-electron chi connectivity index (χ4n) is 12.4. The quantitative estimate of drug-likeness (QED) is 0.410. The molecule has 0 aromatic heterocycles. The normalized spacial score (nSPS) is 51.7. The van der Waals surface area contributed by atoms with Crippen LogP contribution in [0.4, 0.5) is 0 Å². The summed E-state index contributed by atoms with van der Waals surface area (Å²) in [6, 6.07) is 0. The predicted molar refractivity (Wildman–Crippen MR) is 156 cm³/mol. The van der Waals surface area contributed by atoms with E-state index in [1.165, 1.54) is 39.0 Å². The average Bonchev–Trinajstić information content (AvgIpc) is 3.54. The number of carbonyl (C=O) groups excluding carboxylic acids is 1. The van der Waals surface area contributed by atoms with E-state index in [1.807, 2.05) is 0 Å². The standard InChI is InChI=1S/C34H55NO7/c1-19(36)40-29(31(4,5)38)22-9-7-21-28(41-22)27(37)26-20-8-10-23-30(2,3)24(42-25-17-35-15-16-39-25)11-12-34(23)18-33(20,34)14-13-32(21,26)6/h20-29,35,37-38H,7-18H2,1-6H3/t20?,21?,22?,23?,24-,25?,26?,27+,28?,29?,32?,33?,34?/m0/s1. The molecule has 0 radical (unpaired) electrons. The third-order valence-corrected chi connectivity index (χ3v) is 14.1. The molecule has 5 saturated carbocycles. The van der Waals surface area contributed by atoms with Crippen molar-refractivity contribution in [1.29, 1.82) is 0 Å². The Balaban J connectivity index is 1.11. The number of carbonyl (C=O) groups is 1. The molecule has 7 aliphatic rings. The Morgan fingerprint density at radius 2 is 1.79 bits per heavy atom. The molecule has 2 spiro atoms. The first-order valence-electron chi connectivity index (χ1n) is 17.0. The molecule has 3 N–H and O–H groups in total. The molecule has 13 atom stereocenters. The van der Waals surface area contributed by atoms with Gasteiger partial charge in [-0.05, 0) is 117 Å². The summed E-state index contributed by atoms with van der Waals surface area (Å²) in [4.78, 5) is 11.9. The van der Waals surface area contributed by atoms with E-state index < -0.39 is 29.9 Å². The average molecular weight is 590 g/mol. The molecule has 42 heavy (non-hydrogen) atoms. The molecule has 2 saturated heterocycles. The van der Waals surface area contributed by atoms with Crippen LogP contribution in [-0.4, -0.2) is 78.3 Å². The van der Waals surface area contributed by atoms with Gasteiger partial charge in [-0.15, -0.1) is 0 Å². The molecule has 238 valence electrons. The summed E-state index contributed by atoms with van der Waals surface area (Å²) in [5, 5.41) is 26.4. The van der Waals surface area contributed by atoms with E-state index in [0.29, 0.717) is 35.2 Å². The van der Waals surface area contributed by atoms with E-state index in [0.717, 1.165) is 38.8 Å². The van der Waals surface area contributed by atoms with Crippen LogP contribution in [-0.2, 0) is 23.7 Å². The van der Waals surface area contributed by atoms with Gasteiger partial charge in [-0.2, -0.15) is 0 Å². The molecular weight excluding hydrogens is 534 g/mol. The van der Waals surface area contributed by atoms with Crippen LogP contribution in [0.1, 0.15) is 99.3 Å². The van der Waals surface area contributed by atoms with Gasteiger partial charge in [-0.3, -0.25) is 4.79 Å². The number of hydrogen-bond donors (Lipinski definition) is 3. The molecule has 7 fully saturated rings. The van der Waals surface area contributed by atoms with Gasteiger partial charge in [-0.25, -0.2) is 0 Å². The lowest BCUT2D eigenvalue weighted by Crippen LogP contribution is -2.56. The van der Waals surface area contributed by atoms with E-state index >= 15 is 0 Å². The molecule has 2 heterocycles. The predicted octanol–water partition coefficient (Wildman–Crippen LogP) is 4.20. The topological polar surface area (TPSA) is 106 Å². The maximum atomic E-state index is 12.1. The van der Waals surface area contributed by atoms with Crippen molar-refractivity contribution in [2.45, 2.75) is 142 Å². The van der Waals surface area contributed by atoms with E-state index in [9.17, 15) is 15.0 Å². The van der Waals surface area contributed by atoms with E-state index in [1.54, 1.807) is 13.8 Å². The van der Waals surface area contributed by atoms with Crippen molar-refractivity contribution < 1.29 is 34.0 Å². The molecule has 8 nitrogen and oxygen atoms in total. The number of morpholine rings is 1. The first kappa shape index (κ1) is 29.9. The smallest absolute Gasteiger partial charge is 0.303 e. The van der Waals surface area contributed by atoms with Crippen molar-refractivity contribution in [3.8, 4) is 0 Å². The van der Waals surface area contributed by atoms with Gasteiger partial charge in [0.25, 0.3) is 0 Å². The lowest BCUT2D eigenvalue weighted by atomic mass is 9.46. The minimum absolute atomic E-state index is 0.0500. The Labute approximate surface area is 251 Å². The van der Waals surface area contributed by atoms with Gasteiger partial charge >= 0.3 is 5.97 Å². The Morgan fingerprint density at radius 3 is 2.48 bits per heavy atom. The number of aliphatic hydroxyl groups is 2. The minimum atomic E-state index is -1.22. The van der Waals surface area contributed by atoms with Gasteiger partial charge in [-0.1, -0.05) is 20.8 Å². The summed E-state index contributed by atoms with van der Waals surface area (Å²) in [5.74, 6) is 1.27. The largest absolute Gasteiger partial charge is 0.457 e. The molecule has 7 rings (SSSR count). The van der Waals surface area contributed by atoms with Crippen LogP contribution in [0, 0.1) is 45.3 Å². The summed E-state index contributed by atoms with van der Waals surface area (Å²) in [6.45, 7) is 14.5. The zero-order valence-corrected chi connectivity index (χ0v) is 26.7. The monoisotopic (exact) mass is 589 g/mol. The van der Waals surface area contributed by atoms with Crippen LogP contribution in [0.2, 0.25) is 0 Å². The fourth-order valence-corrected chi connectivity index (χ4v) is 12.4. The first-order chi connectivity index (χ1) is 19.7. The van der Waals surface area contributed by atoms with Crippen molar-refractivity contribution in [3.63, 3.8) is 0 Å². The third kappa shape index (κ3) is 4.17. The lowest BCUT2D eigenvalue weighted by molar-refractivity contribution is -0.232. The molecule has 11 unspecified atom stereocenters. The third-order valence-electron chi connectivity index (χ3n) is 14.1. The van der Waals surface area contributed by atoms with Crippen LogP contribution in [0.25, 0.3) is 0 Å². The van der Waals surface area contributed by atoms with Gasteiger partial charge in [0.1, 0.15) is 0 Å². The second kappa shape index (κ2) is 9.86. The molecule has 8 heteroatoms. The van der Waals surface area contributed by atoms with Gasteiger partial charge < -0.3 is 34.5 Å². The molecule has 0 aromatic carbocycles. The number of aliphatic hydroxyl groups excluding tert-OH is 1. The Bertz CT molecular complexity index is 1070. The fraction of sp³-hybridized carbons (Fsp3) is 0.971. The highest BCUT2D eigenvalue weighted by molar-refractivity contribution is 5.66. The highest BCUT2D eigenvalue weighted by atomic mass is 16.7. The Kier molecular flexibility index (Phi) is 7.02. The lowest BCUT2D eigenvalue weighted by Gasteiger charge is -2.60. The van der Waals surface area contributed by atoms with E-state index in [4.69, 9.17) is 18.9 Å². The zero-order chi connectivity index (χ0) is 29.9. The number of rotatable bonds is 5.